The first-order chi connectivity index (χ1) is 6.34. The van der Waals surface area contributed by atoms with Crippen LogP contribution in [0.5, 0.6) is 0 Å². The molecule has 2 aliphatic rings. The Morgan fingerprint density at radius 3 is 2.77 bits per heavy atom. The third kappa shape index (κ3) is 1.03. The Morgan fingerprint density at radius 1 is 1.15 bits per heavy atom. The zero-order valence-corrected chi connectivity index (χ0v) is 8.01. The van der Waals surface area contributed by atoms with Crippen LogP contribution in [-0.2, 0) is 0 Å². The Bertz CT molecular complexity index is 343. The Balaban J connectivity index is 2.15. The molecule has 0 aromatic heterocycles. The highest BCUT2D eigenvalue weighted by molar-refractivity contribution is 5.42. The van der Waals surface area contributed by atoms with E-state index in [1.54, 1.807) is 11.1 Å². The van der Waals surface area contributed by atoms with Crippen molar-refractivity contribution in [3.05, 3.63) is 34.9 Å². The molecule has 13 heavy (non-hydrogen) atoms. The highest BCUT2D eigenvalue weighted by Gasteiger charge is 2.33. The Labute approximate surface area is 79.2 Å². The number of benzene rings is 1. The predicted molar refractivity (Wildman–Crippen MR) is 54.1 cm³/mol. The summed E-state index contributed by atoms with van der Waals surface area (Å²) in [6.07, 6.45) is 1.38. The highest BCUT2D eigenvalue weighted by atomic mass is 14.9. The van der Waals surface area contributed by atoms with Crippen molar-refractivity contribution in [2.24, 2.45) is 0 Å². The van der Waals surface area contributed by atoms with E-state index >= 15 is 0 Å². The molecule has 2 atom stereocenters. The van der Waals surface area contributed by atoms with E-state index in [4.69, 9.17) is 0 Å². The summed E-state index contributed by atoms with van der Waals surface area (Å²) in [5, 5.41) is 3.51. The maximum absolute atomic E-state index is 3.51. The zero-order valence-electron chi connectivity index (χ0n) is 8.01. The Hall–Kier alpha value is -0.820. The van der Waals surface area contributed by atoms with E-state index in [1.165, 1.54) is 25.1 Å². The fourth-order valence-corrected chi connectivity index (χ4v) is 2.84. The van der Waals surface area contributed by atoms with Crippen LogP contribution in [0, 0.1) is 6.92 Å². The number of hydrogen-bond donors (Lipinski definition) is 1. The molecule has 1 aromatic rings. The molecular formula is C12H15N. The Morgan fingerprint density at radius 2 is 1.92 bits per heavy atom. The summed E-state index contributed by atoms with van der Waals surface area (Å²) in [5.74, 6) is 1.60. The minimum absolute atomic E-state index is 0.800. The van der Waals surface area contributed by atoms with Crippen LogP contribution in [0.1, 0.15) is 34.9 Å². The molecule has 0 saturated carbocycles. The SMILES string of the molecule is Cc1ccc2c(c1)C1CNCC2C1. The van der Waals surface area contributed by atoms with Gasteiger partial charge in [0.05, 0.1) is 0 Å². The number of piperidine rings is 1. The van der Waals surface area contributed by atoms with Gasteiger partial charge in [0.15, 0.2) is 0 Å². The van der Waals surface area contributed by atoms with E-state index in [-0.39, 0.29) is 0 Å². The molecule has 1 saturated heterocycles. The van der Waals surface area contributed by atoms with Gasteiger partial charge in [-0.25, -0.2) is 0 Å². The zero-order chi connectivity index (χ0) is 8.84. The highest BCUT2D eigenvalue weighted by Crippen LogP contribution is 2.43. The van der Waals surface area contributed by atoms with E-state index in [9.17, 15) is 0 Å². The van der Waals surface area contributed by atoms with Crippen molar-refractivity contribution in [3.8, 4) is 0 Å². The average molecular weight is 173 g/mol. The number of aryl methyl sites for hydroxylation is 1. The normalized spacial score (nSPS) is 30.2. The van der Waals surface area contributed by atoms with Crippen molar-refractivity contribution in [1.82, 2.24) is 5.32 Å². The molecule has 0 amide bonds. The third-order valence-electron chi connectivity index (χ3n) is 3.47. The van der Waals surface area contributed by atoms with Crippen LogP contribution < -0.4 is 5.32 Å². The van der Waals surface area contributed by atoms with E-state index < -0.39 is 0 Å². The van der Waals surface area contributed by atoms with Crippen LogP contribution in [0.2, 0.25) is 0 Å². The molecule has 1 aliphatic carbocycles. The van der Waals surface area contributed by atoms with Crippen LogP contribution in [0.15, 0.2) is 18.2 Å². The summed E-state index contributed by atoms with van der Waals surface area (Å²) in [4.78, 5) is 0. The lowest BCUT2D eigenvalue weighted by atomic mass is 9.98. The van der Waals surface area contributed by atoms with Crippen molar-refractivity contribution in [2.45, 2.75) is 25.2 Å². The lowest BCUT2D eigenvalue weighted by Gasteiger charge is -2.19. The molecule has 1 nitrogen and oxygen atoms in total. The van der Waals surface area contributed by atoms with E-state index in [0.717, 1.165) is 11.8 Å². The van der Waals surface area contributed by atoms with Gasteiger partial charge < -0.3 is 5.32 Å². The fraction of sp³-hybridized carbons (Fsp3) is 0.500. The molecule has 0 spiro atoms. The van der Waals surface area contributed by atoms with Crippen molar-refractivity contribution >= 4 is 0 Å². The van der Waals surface area contributed by atoms with Gasteiger partial charge in [0.25, 0.3) is 0 Å². The molecule has 2 bridgehead atoms. The standard InChI is InChI=1S/C12H15N/c1-8-2-3-11-9-5-10(7-13-6-9)12(11)4-8/h2-4,9-10,13H,5-7H2,1H3. The summed E-state index contributed by atoms with van der Waals surface area (Å²) < 4.78 is 0. The smallest absolute Gasteiger partial charge is 0.00207 e. The monoisotopic (exact) mass is 173 g/mol. The van der Waals surface area contributed by atoms with Crippen molar-refractivity contribution in [2.75, 3.05) is 13.1 Å². The molecule has 1 heterocycles. The van der Waals surface area contributed by atoms with Gasteiger partial charge in [-0.15, -0.1) is 0 Å². The summed E-state index contributed by atoms with van der Waals surface area (Å²) in [7, 11) is 0. The number of fused-ring (bicyclic) bond motifs is 5. The first-order valence-corrected chi connectivity index (χ1v) is 5.16. The summed E-state index contributed by atoms with van der Waals surface area (Å²) >= 11 is 0. The Kier molecular flexibility index (Phi) is 1.50. The van der Waals surface area contributed by atoms with Crippen LogP contribution >= 0.6 is 0 Å². The van der Waals surface area contributed by atoms with E-state index in [1.807, 2.05) is 0 Å². The lowest BCUT2D eigenvalue weighted by molar-refractivity contribution is 0.454. The average Bonchev–Trinajstić information content (AvgIpc) is 2.39. The molecule has 0 radical (unpaired) electrons. The quantitative estimate of drug-likeness (QED) is 0.634. The minimum Gasteiger partial charge on any atom is -0.316 e. The molecule has 1 aliphatic heterocycles. The molecule has 1 fully saturated rings. The predicted octanol–water partition coefficient (Wildman–Crippen LogP) is 2.17. The first-order valence-electron chi connectivity index (χ1n) is 5.16. The summed E-state index contributed by atoms with van der Waals surface area (Å²) in [6.45, 7) is 4.56. The minimum atomic E-state index is 0.800. The molecule has 68 valence electrons. The van der Waals surface area contributed by atoms with Crippen molar-refractivity contribution in [3.63, 3.8) is 0 Å². The van der Waals surface area contributed by atoms with Gasteiger partial charge >= 0.3 is 0 Å². The molecule has 1 aromatic carbocycles. The summed E-state index contributed by atoms with van der Waals surface area (Å²) in [5.41, 5.74) is 4.64. The van der Waals surface area contributed by atoms with Crippen LogP contribution in [0.25, 0.3) is 0 Å². The fourth-order valence-electron chi connectivity index (χ4n) is 2.84. The lowest BCUT2D eigenvalue weighted by Crippen LogP contribution is -2.28. The molecule has 1 N–H and O–H groups in total. The second-order valence-corrected chi connectivity index (χ2v) is 4.42. The van der Waals surface area contributed by atoms with Gasteiger partial charge in [-0.1, -0.05) is 23.8 Å². The van der Waals surface area contributed by atoms with Gasteiger partial charge in [-0.3, -0.25) is 0 Å². The number of nitrogens with one attached hydrogen (secondary N) is 1. The van der Waals surface area contributed by atoms with Gasteiger partial charge in [-0.2, -0.15) is 0 Å². The molecule has 3 rings (SSSR count). The molecular weight excluding hydrogens is 158 g/mol. The largest absolute Gasteiger partial charge is 0.316 e. The molecule has 1 heteroatoms. The maximum atomic E-state index is 3.51. The van der Waals surface area contributed by atoms with Crippen LogP contribution in [0.4, 0.5) is 0 Å². The number of rotatable bonds is 0. The maximum Gasteiger partial charge on any atom is 0.00207 e. The van der Waals surface area contributed by atoms with Crippen LogP contribution in [-0.4, -0.2) is 13.1 Å². The van der Waals surface area contributed by atoms with E-state index in [0.29, 0.717) is 0 Å². The van der Waals surface area contributed by atoms with Crippen LogP contribution in [0.3, 0.4) is 0 Å². The van der Waals surface area contributed by atoms with Crippen molar-refractivity contribution < 1.29 is 0 Å². The van der Waals surface area contributed by atoms with Gasteiger partial charge in [0, 0.05) is 13.1 Å². The first kappa shape index (κ1) is 7.57. The number of hydrogen-bond acceptors (Lipinski definition) is 1. The van der Waals surface area contributed by atoms with Gasteiger partial charge in [0.2, 0.25) is 0 Å². The van der Waals surface area contributed by atoms with E-state index in [2.05, 4.69) is 30.4 Å². The third-order valence-corrected chi connectivity index (χ3v) is 3.47. The molecule has 2 unspecified atom stereocenters. The second kappa shape index (κ2) is 2.58. The topological polar surface area (TPSA) is 12.0 Å². The van der Waals surface area contributed by atoms with Gasteiger partial charge in [-0.05, 0) is 36.3 Å². The van der Waals surface area contributed by atoms with Crippen molar-refractivity contribution in [1.29, 1.82) is 0 Å². The summed E-state index contributed by atoms with van der Waals surface area (Å²) in [6, 6.07) is 6.97. The van der Waals surface area contributed by atoms with Gasteiger partial charge in [0.1, 0.15) is 0 Å². The second-order valence-electron chi connectivity index (χ2n) is 4.42.